The number of ether oxygens (including phenoxy) is 1. The molecule has 0 saturated carbocycles. The van der Waals surface area contributed by atoms with Crippen LogP contribution >= 0.6 is 0 Å². The van der Waals surface area contributed by atoms with Crippen molar-refractivity contribution in [3.63, 3.8) is 0 Å². The Bertz CT molecular complexity index is 230. The first-order valence-electron chi connectivity index (χ1n) is 2.89. The summed E-state index contributed by atoms with van der Waals surface area (Å²) in [5.74, 6) is 0.681. The van der Waals surface area contributed by atoms with E-state index in [0.29, 0.717) is 11.3 Å². The van der Waals surface area contributed by atoms with E-state index in [0.717, 1.165) is 0 Å². The quantitative estimate of drug-likeness (QED) is 0.608. The number of hydrogen-bond donors (Lipinski definition) is 0. The van der Waals surface area contributed by atoms with Gasteiger partial charge in [-0.15, -0.1) is 0 Å². The minimum Gasteiger partial charge on any atom is -0.497 e. The van der Waals surface area contributed by atoms with Crippen molar-refractivity contribution in [1.29, 1.82) is 0 Å². The van der Waals surface area contributed by atoms with Gasteiger partial charge in [0.25, 0.3) is 0 Å². The summed E-state index contributed by atoms with van der Waals surface area (Å²) < 4.78 is 4.88. The van der Waals surface area contributed by atoms with Gasteiger partial charge < -0.3 is 4.74 Å². The zero-order valence-electron chi connectivity index (χ0n) is 5.63. The average molecular weight is 135 g/mol. The molecular weight excluding hydrogens is 128 g/mol. The zero-order valence-corrected chi connectivity index (χ0v) is 5.63. The molecule has 1 aromatic carbocycles. The minimum atomic E-state index is 0.513. The van der Waals surface area contributed by atoms with Gasteiger partial charge in [-0.1, -0.05) is 12.1 Å². The van der Waals surface area contributed by atoms with Crippen LogP contribution in [0, 0.1) is 0 Å². The molecule has 51 valence electrons. The topological polar surface area (TPSA) is 26.3 Å². The van der Waals surface area contributed by atoms with Crippen LogP contribution in [0.4, 0.5) is 0 Å². The molecule has 0 bridgehead atoms. The zero-order chi connectivity index (χ0) is 7.40. The molecule has 0 aliphatic rings. The summed E-state index contributed by atoms with van der Waals surface area (Å²) in [6.45, 7) is 0. The monoisotopic (exact) mass is 135 g/mol. The van der Waals surface area contributed by atoms with Crippen molar-refractivity contribution in [3.8, 4) is 5.75 Å². The lowest BCUT2D eigenvalue weighted by molar-refractivity contribution is 0.414. The first-order valence-corrected chi connectivity index (χ1v) is 2.89. The van der Waals surface area contributed by atoms with Crippen LogP contribution in [0.5, 0.6) is 5.75 Å². The summed E-state index contributed by atoms with van der Waals surface area (Å²) in [5.41, 5.74) is 0.513. The molecule has 0 atom stereocenters. The van der Waals surface area contributed by atoms with E-state index in [2.05, 4.69) is 0 Å². The first kappa shape index (κ1) is 6.81. The molecule has 0 saturated heterocycles. The van der Waals surface area contributed by atoms with E-state index in [1.807, 2.05) is 0 Å². The molecule has 2 heteroatoms. The lowest BCUT2D eigenvalue weighted by Crippen LogP contribution is -1.84. The summed E-state index contributed by atoms with van der Waals surface area (Å²) in [7, 11) is 1.56. The first-order chi connectivity index (χ1) is 4.86. The smallest absolute Gasteiger partial charge is 0.233 e. The van der Waals surface area contributed by atoms with Crippen molar-refractivity contribution in [1.82, 2.24) is 0 Å². The van der Waals surface area contributed by atoms with Gasteiger partial charge in [0.15, 0.2) is 0 Å². The van der Waals surface area contributed by atoms with Crippen LogP contribution in [-0.2, 0) is 4.79 Å². The Balaban J connectivity index is 2.98. The van der Waals surface area contributed by atoms with Crippen LogP contribution in [0.1, 0.15) is 5.56 Å². The predicted molar refractivity (Wildman–Crippen MR) is 37.8 cm³/mol. The second-order valence-corrected chi connectivity index (χ2v) is 1.83. The second-order valence-electron chi connectivity index (χ2n) is 1.83. The third-order valence-corrected chi connectivity index (χ3v) is 1.19. The third kappa shape index (κ3) is 1.35. The lowest BCUT2D eigenvalue weighted by Gasteiger charge is -1.96. The second kappa shape index (κ2) is 3.01. The molecule has 0 spiro atoms. The molecule has 0 aliphatic heterocycles. The molecule has 0 amide bonds. The molecule has 0 aliphatic carbocycles. The molecule has 0 heterocycles. The van der Waals surface area contributed by atoms with Gasteiger partial charge >= 0.3 is 0 Å². The van der Waals surface area contributed by atoms with E-state index in [1.54, 1.807) is 37.7 Å². The Hall–Kier alpha value is -1.31. The van der Waals surface area contributed by atoms with Gasteiger partial charge in [-0.25, -0.2) is 0 Å². The SMILES string of the molecule is COc1cccc([C]=O)c1. The number of benzene rings is 1. The highest BCUT2D eigenvalue weighted by atomic mass is 16.5. The molecule has 1 rings (SSSR count). The van der Waals surface area contributed by atoms with Gasteiger partial charge in [0.05, 0.1) is 7.11 Å². The van der Waals surface area contributed by atoms with Crippen molar-refractivity contribution in [2.75, 3.05) is 7.11 Å². The van der Waals surface area contributed by atoms with E-state index in [1.165, 1.54) is 0 Å². The average Bonchev–Trinajstić information content (AvgIpc) is 2.05. The number of methoxy groups -OCH3 is 1. The standard InChI is InChI=1S/C8H7O2/c1-10-8-4-2-3-7(5-8)6-9/h2-5H,1H3. The van der Waals surface area contributed by atoms with Gasteiger partial charge in [-0.05, 0) is 12.1 Å². The Morgan fingerprint density at radius 1 is 1.50 bits per heavy atom. The van der Waals surface area contributed by atoms with Gasteiger partial charge in [0, 0.05) is 5.56 Å². The summed E-state index contributed by atoms with van der Waals surface area (Å²) >= 11 is 0. The third-order valence-electron chi connectivity index (χ3n) is 1.19. The Morgan fingerprint density at radius 2 is 2.30 bits per heavy atom. The van der Waals surface area contributed by atoms with E-state index < -0.39 is 0 Å². The number of rotatable bonds is 2. The Labute approximate surface area is 59.4 Å². The van der Waals surface area contributed by atoms with Gasteiger partial charge in [0.2, 0.25) is 6.29 Å². The van der Waals surface area contributed by atoms with Crippen molar-refractivity contribution in [3.05, 3.63) is 29.8 Å². The number of carbonyl (C=O) groups excluding carboxylic acids is 1. The molecule has 0 N–H and O–H groups in total. The predicted octanol–water partition coefficient (Wildman–Crippen LogP) is 1.15. The highest BCUT2D eigenvalue weighted by Gasteiger charge is 1.92. The van der Waals surface area contributed by atoms with E-state index in [-0.39, 0.29) is 0 Å². The maximum absolute atomic E-state index is 10.1. The van der Waals surface area contributed by atoms with E-state index in [9.17, 15) is 4.79 Å². The van der Waals surface area contributed by atoms with Crippen molar-refractivity contribution in [2.24, 2.45) is 0 Å². The molecule has 0 fully saturated rings. The summed E-state index contributed by atoms with van der Waals surface area (Å²) in [6, 6.07) is 6.84. The van der Waals surface area contributed by atoms with E-state index >= 15 is 0 Å². The lowest BCUT2D eigenvalue weighted by atomic mass is 10.2. The van der Waals surface area contributed by atoms with Gasteiger partial charge in [-0.3, -0.25) is 4.79 Å². The molecule has 0 aromatic heterocycles. The summed E-state index contributed by atoms with van der Waals surface area (Å²) in [6.07, 6.45) is 1.77. The van der Waals surface area contributed by atoms with Gasteiger partial charge in [0.1, 0.15) is 5.75 Å². The van der Waals surface area contributed by atoms with Crippen LogP contribution in [0.15, 0.2) is 24.3 Å². The van der Waals surface area contributed by atoms with Crippen LogP contribution in [0.25, 0.3) is 0 Å². The van der Waals surface area contributed by atoms with Gasteiger partial charge in [-0.2, -0.15) is 0 Å². The fourth-order valence-electron chi connectivity index (χ4n) is 0.687. The molecule has 10 heavy (non-hydrogen) atoms. The van der Waals surface area contributed by atoms with Crippen LogP contribution in [0.2, 0.25) is 0 Å². The molecular formula is C8H7O2. The highest BCUT2D eigenvalue weighted by Crippen LogP contribution is 2.09. The fourth-order valence-corrected chi connectivity index (χ4v) is 0.687. The highest BCUT2D eigenvalue weighted by molar-refractivity contribution is 5.75. The fraction of sp³-hybridized carbons (Fsp3) is 0.125. The van der Waals surface area contributed by atoms with Crippen LogP contribution < -0.4 is 4.74 Å². The normalized spacial score (nSPS) is 8.90. The molecule has 0 unspecified atom stereocenters. The minimum absolute atomic E-state index is 0.513. The van der Waals surface area contributed by atoms with Crippen LogP contribution in [-0.4, -0.2) is 13.4 Å². The molecule has 1 radical (unpaired) electrons. The van der Waals surface area contributed by atoms with Crippen molar-refractivity contribution >= 4 is 6.29 Å². The summed E-state index contributed by atoms with van der Waals surface area (Å²) in [4.78, 5) is 10.1. The Kier molecular flexibility index (Phi) is 2.05. The van der Waals surface area contributed by atoms with Crippen LogP contribution in [0.3, 0.4) is 0 Å². The molecule has 1 aromatic rings. The molecule has 2 nitrogen and oxygen atoms in total. The number of hydrogen-bond acceptors (Lipinski definition) is 2. The summed E-state index contributed by atoms with van der Waals surface area (Å²) in [5, 5.41) is 0. The van der Waals surface area contributed by atoms with Crippen molar-refractivity contribution < 1.29 is 9.53 Å². The Morgan fingerprint density at radius 3 is 2.90 bits per heavy atom. The maximum Gasteiger partial charge on any atom is 0.233 e. The van der Waals surface area contributed by atoms with E-state index in [4.69, 9.17) is 4.74 Å². The maximum atomic E-state index is 10.1. The largest absolute Gasteiger partial charge is 0.497 e. The van der Waals surface area contributed by atoms with Crippen molar-refractivity contribution in [2.45, 2.75) is 0 Å².